The van der Waals surface area contributed by atoms with Gasteiger partial charge in [0, 0.05) is 44.2 Å². The standard InChI is InChI=1S/C27H35N3O4/c1-18-4-3-5-19(12-18)22-16-30-7-6-20-13-26(34-17-27(31)29-8-10-33-11-9-29)25(32-2)14-21(20)24(30)15-23(22)28/h3-5,12-14,22-24H,6-11,15-17,28H2,1-2H3/t22-,23+,24+/m0/s1. The van der Waals surface area contributed by atoms with E-state index in [-0.39, 0.29) is 24.6 Å². The van der Waals surface area contributed by atoms with Gasteiger partial charge >= 0.3 is 0 Å². The Morgan fingerprint density at radius 2 is 1.97 bits per heavy atom. The van der Waals surface area contributed by atoms with Crippen molar-refractivity contribution >= 4 is 5.91 Å². The zero-order chi connectivity index (χ0) is 23.7. The summed E-state index contributed by atoms with van der Waals surface area (Å²) in [6.45, 7) is 6.49. The Hall–Kier alpha value is -2.61. The van der Waals surface area contributed by atoms with Gasteiger partial charge in [-0.2, -0.15) is 0 Å². The normalized spacial score (nSPS) is 24.8. The lowest BCUT2D eigenvalue weighted by molar-refractivity contribution is -0.137. The molecule has 3 heterocycles. The summed E-state index contributed by atoms with van der Waals surface area (Å²) in [6, 6.07) is 13.3. The van der Waals surface area contributed by atoms with E-state index in [0.717, 1.165) is 25.9 Å². The number of aryl methyl sites for hydroxylation is 1. The van der Waals surface area contributed by atoms with Crippen molar-refractivity contribution in [3.8, 4) is 11.5 Å². The zero-order valence-corrected chi connectivity index (χ0v) is 20.2. The summed E-state index contributed by atoms with van der Waals surface area (Å²) in [7, 11) is 1.65. The van der Waals surface area contributed by atoms with Gasteiger partial charge in [-0.05, 0) is 48.6 Å². The van der Waals surface area contributed by atoms with E-state index in [2.05, 4.69) is 48.2 Å². The smallest absolute Gasteiger partial charge is 0.260 e. The van der Waals surface area contributed by atoms with Crippen molar-refractivity contribution in [3.63, 3.8) is 0 Å². The van der Waals surface area contributed by atoms with Crippen LogP contribution in [0.2, 0.25) is 0 Å². The second-order valence-corrected chi connectivity index (χ2v) is 9.66. The lowest BCUT2D eigenvalue weighted by Gasteiger charge is -2.46. The number of fused-ring (bicyclic) bond motifs is 3. The quantitative estimate of drug-likeness (QED) is 0.732. The summed E-state index contributed by atoms with van der Waals surface area (Å²) in [6.07, 6.45) is 1.85. The minimum absolute atomic E-state index is 0.00769. The molecule has 0 bridgehead atoms. The number of methoxy groups -OCH3 is 1. The average molecular weight is 466 g/mol. The molecule has 0 aliphatic carbocycles. The molecule has 0 saturated carbocycles. The van der Waals surface area contributed by atoms with Gasteiger partial charge in [-0.15, -0.1) is 0 Å². The van der Waals surface area contributed by atoms with Crippen molar-refractivity contribution in [1.82, 2.24) is 9.80 Å². The van der Waals surface area contributed by atoms with Crippen LogP contribution in [0.5, 0.6) is 11.5 Å². The molecule has 0 aromatic heterocycles. The van der Waals surface area contributed by atoms with Crippen LogP contribution in [0.3, 0.4) is 0 Å². The highest BCUT2D eigenvalue weighted by molar-refractivity contribution is 5.78. The highest BCUT2D eigenvalue weighted by Gasteiger charge is 2.38. The molecule has 5 rings (SSSR count). The first-order valence-corrected chi connectivity index (χ1v) is 12.3. The van der Waals surface area contributed by atoms with E-state index in [4.69, 9.17) is 19.9 Å². The van der Waals surface area contributed by atoms with Crippen LogP contribution < -0.4 is 15.2 Å². The summed E-state index contributed by atoms with van der Waals surface area (Å²) in [5.41, 5.74) is 11.9. The van der Waals surface area contributed by atoms with E-state index in [1.165, 1.54) is 22.3 Å². The van der Waals surface area contributed by atoms with E-state index in [9.17, 15) is 4.79 Å². The van der Waals surface area contributed by atoms with Gasteiger partial charge in [0.2, 0.25) is 0 Å². The first-order chi connectivity index (χ1) is 16.5. The fraction of sp³-hybridized carbons (Fsp3) is 0.519. The summed E-state index contributed by atoms with van der Waals surface area (Å²) >= 11 is 0. The van der Waals surface area contributed by atoms with E-state index in [1.807, 2.05) is 0 Å². The minimum Gasteiger partial charge on any atom is -0.493 e. The fourth-order valence-corrected chi connectivity index (χ4v) is 5.63. The molecule has 2 aromatic rings. The molecule has 3 aliphatic heterocycles. The average Bonchev–Trinajstić information content (AvgIpc) is 2.86. The number of rotatable bonds is 5. The molecule has 182 valence electrons. The van der Waals surface area contributed by atoms with Crippen LogP contribution in [-0.4, -0.2) is 74.9 Å². The van der Waals surface area contributed by atoms with Crippen LogP contribution in [0.25, 0.3) is 0 Å². The Bertz CT molecular complexity index is 1040. The predicted molar refractivity (Wildman–Crippen MR) is 130 cm³/mol. The number of ether oxygens (including phenoxy) is 3. The monoisotopic (exact) mass is 465 g/mol. The van der Waals surface area contributed by atoms with Gasteiger partial charge in [0.15, 0.2) is 18.1 Å². The molecule has 7 heteroatoms. The summed E-state index contributed by atoms with van der Waals surface area (Å²) < 4.78 is 17.0. The second-order valence-electron chi connectivity index (χ2n) is 9.66. The van der Waals surface area contributed by atoms with Gasteiger partial charge in [0.25, 0.3) is 5.91 Å². The van der Waals surface area contributed by atoms with Crippen LogP contribution in [-0.2, 0) is 16.0 Å². The third kappa shape index (κ3) is 4.65. The van der Waals surface area contributed by atoms with Gasteiger partial charge in [-0.1, -0.05) is 29.8 Å². The molecule has 2 saturated heterocycles. The van der Waals surface area contributed by atoms with Crippen LogP contribution in [0.1, 0.15) is 40.6 Å². The Morgan fingerprint density at radius 3 is 2.74 bits per heavy atom. The summed E-state index contributed by atoms with van der Waals surface area (Å²) in [4.78, 5) is 16.9. The van der Waals surface area contributed by atoms with E-state index >= 15 is 0 Å². The van der Waals surface area contributed by atoms with E-state index in [1.54, 1.807) is 12.0 Å². The number of carbonyl (C=O) groups excluding carboxylic acids is 1. The number of morpholine rings is 1. The largest absolute Gasteiger partial charge is 0.493 e. The second kappa shape index (κ2) is 9.94. The van der Waals surface area contributed by atoms with Gasteiger partial charge in [-0.25, -0.2) is 0 Å². The van der Waals surface area contributed by atoms with Gasteiger partial charge in [0.1, 0.15) is 0 Å². The topological polar surface area (TPSA) is 77.3 Å². The van der Waals surface area contributed by atoms with Crippen molar-refractivity contribution in [2.75, 3.05) is 53.1 Å². The van der Waals surface area contributed by atoms with E-state index < -0.39 is 0 Å². The Kier molecular flexibility index (Phi) is 6.77. The molecule has 2 aromatic carbocycles. The molecule has 1 amide bonds. The van der Waals surface area contributed by atoms with Crippen molar-refractivity contribution < 1.29 is 19.0 Å². The summed E-state index contributed by atoms with van der Waals surface area (Å²) in [5, 5.41) is 0. The van der Waals surface area contributed by atoms with Crippen molar-refractivity contribution in [1.29, 1.82) is 0 Å². The lowest BCUT2D eigenvalue weighted by atomic mass is 9.78. The van der Waals surface area contributed by atoms with E-state index in [0.29, 0.717) is 43.7 Å². The van der Waals surface area contributed by atoms with Gasteiger partial charge in [0.05, 0.1) is 20.3 Å². The molecule has 34 heavy (non-hydrogen) atoms. The number of carbonyl (C=O) groups is 1. The predicted octanol–water partition coefficient (Wildman–Crippen LogP) is 2.66. The first-order valence-electron chi connectivity index (χ1n) is 12.3. The molecular formula is C27H35N3O4. The number of amides is 1. The molecule has 0 unspecified atom stereocenters. The highest BCUT2D eigenvalue weighted by Crippen LogP contribution is 2.44. The maximum absolute atomic E-state index is 12.5. The fourth-order valence-electron chi connectivity index (χ4n) is 5.63. The van der Waals surface area contributed by atoms with Crippen molar-refractivity contribution in [2.24, 2.45) is 5.73 Å². The maximum Gasteiger partial charge on any atom is 0.260 e. The Morgan fingerprint density at radius 1 is 1.15 bits per heavy atom. The Labute approximate surface area is 201 Å². The highest BCUT2D eigenvalue weighted by atomic mass is 16.5. The molecular weight excluding hydrogens is 430 g/mol. The van der Waals surface area contributed by atoms with Crippen molar-refractivity contribution in [2.45, 2.75) is 37.8 Å². The van der Waals surface area contributed by atoms with Gasteiger partial charge < -0.3 is 24.8 Å². The first kappa shape index (κ1) is 23.1. The van der Waals surface area contributed by atoms with Crippen molar-refractivity contribution in [3.05, 3.63) is 58.7 Å². The minimum atomic E-state index is -0.0188. The third-order valence-electron chi connectivity index (χ3n) is 7.52. The van der Waals surface area contributed by atoms with Crippen LogP contribution >= 0.6 is 0 Å². The molecule has 3 atom stereocenters. The third-order valence-corrected chi connectivity index (χ3v) is 7.52. The lowest BCUT2D eigenvalue weighted by Crippen LogP contribution is -2.49. The Balaban J connectivity index is 1.32. The number of nitrogens with zero attached hydrogens (tertiary/aromatic N) is 2. The molecule has 3 aliphatic rings. The number of hydrogen-bond donors (Lipinski definition) is 1. The van der Waals surface area contributed by atoms with Gasteiger partial charge in [-0.3, -0.25) is 9.69 Å². The number of nitrogens with two attached hydrogens (primary N) is 1. The molecule has 0 spiro atoms. The molecule has 2 fully saturated rings. The number of benzene rings is 2. The zero-order valence-electron chi connectivity index (χ0n) is 20.2. The summed E-state index contributed by atoms with van der Waals surface area (Å²) in [5.74, 6) is 1.63. The maximum atomic E-state index is 12.5. The molecule has 7 nitrogen and oxygen atoms in total. The number of hydrogen-bond acceptors (Lipinski definition) is 6. The van der Waals surface area contributed by atoms with Crippen LogP contribution in [0.4, 0.5) is 0 Å². The molecule has 2 N–H and O–H groups in total. The SMILES string of the molecule is COc1cc2c(cc1OCC(=O)N1CCOCC1)CCN1C[C@@H](c3cccc(C)c3)[C@H](N)C[C@H]21. The number of piperidine rings is 1. The molecule has 0 radical (unpaired) electrons. The van der Waals surface area contributed by atoms with Crippen LogP contribution in [0.15, 0.2) is 36.4 Å². The van der Waals surface area contributed by atoms with Crippen LogP contribution in [0, 0.1) is 6.92 Å².